The zero-order chi connectivity index (χ0) is 11.3. The molecule has 0 radical (unpaired) electrons. The number of benzene rings is 1. The minimum atomic E-state index is -0.261. The van der Waals surface area contributed by atoms with Crippen molar-refractivity contribution in [1.29, 1.82) is 0 Å². The van der Waals surface area contributed by atoms with Crippen molar-refractivity contribution >= 4 is 15.9 Å². The van der Waals surface area contributed by atoms with Crippen LogP contribution in [0.2, 0.25) is 0 Å². The first-order valence-corrected chi connectivity index (χ1v) is 5.64. The first-order valence-electron chi connectivity index (χ1n) is 4.84. The van der Waals surface area contributed by atoms with E-state index in [4.69, 9.17) is 10.5 Å². The predicted molar refractivity (Wildman–Crippen MR) is 62.1 cm³/mol. The number of methoxy groups -OCH3 is 1. The van der Waals surface area contributed by atoms with Crippen LogP contribution in [0.1, 0.15) is 24.4 Å². The number of rotatable bonds is 5. The lowest BCUT2D eigenvalue weighted by molar-refractivity contribution is 0.190. The number of hydrogen-bond acceptors (Lipinski definition) is 2. The zero-order valence-corrected chi connectivity index (χ0v) is 10.3. The molecule has 0 fully saturated rings. The van der Waals surface area contributed by atoms with E-state index in [9.17, 15) is 4.39 Å². The molecule has 0 amide bonds. The van der Waals surface area contributed by atoms with Crippen molar-refractivity contribution in [3.05, 3.63) is 34.1 Å². The maximum absolute atomic E-state index is 13.0. The van der Waals surface area contributed by atoms with Crippen LogP contribution in [-0.4, -0.2) is 13.7 Å². The molecule has 1 aromatic carbocycles. The van der Waals surface area contributed by atoms with Gasteiger partial charge >= 0.3 is 0 Å². The third-order valence-corrected chi connectivity index (χ3v) is 2.84. The van der Waals surface area contributed by atoms with E-state index >= 15 is 0 Å². The topological polar surface area (TPSA) is 35.2 Å². The standard InChI is InChI=1S/C11H15BrFNO/c1-15-6-2-3-11(14)8-4-5-10(13)9(12)7-8/h4-5,7,11H,2-3,6,14H2,1H3. The predicted octanol–water partition coefficient (Wildman–Crippen LogP) is 3.01. The Morgan fingerprint density at radius 2 is 2.27 bits per heavy atom. The molecule has 0 aromatic heterocycles. The quantitative estimate of drug-likeness (QED) is 0.839. The van der Waals surface area contributed by atoms with Crippen LogP contribution < -0.4 is 5.73 Å². The molecule has 0 bridgehead atoms. The maximum Gasteiger partial charge on any atom is 0.137 e. The van der Waals surface area contributed by atoms with Crippen LogP contribution in [0.15, 0.2) is 22.7 Å². The fraction of sp³-hybridized carbons (Fsp3) is 0.455. The summed E-state index contributed by atoms with van der Waals surface area (Å²) < 4.78 is 18.4. The summed E-state index contributed by atoms with van der Waals surface area (Å²) in [4.78, 5) is 0. The lowest BCUT2D eigenvalue weighted by Gasteiger charge is -2.12. The van der Waals surface area contributed by atoms with E-state index in [0.717, 1.165) is 18.4 Å². The molecule has 1 unspecified atom stereocenters. The highest BCUT2D eigenvalue weighted by Gasteiger charge is 2.08. The van der Waals surface area contributed by atoms with Gasteiger partial charge in [-0.15, -0.1) is 0 Å². The average molecular weight is 276 g/mol. The molecular weight excluding hydrogens is 261 g/mol. The number of nitrogens with two attached hydrogens (primary N) is 1. The first kappa shape index (κ1) is 12.6. The highest BCUT2D eigenvalue weighted by Crippen LogP contribution is 2.22. The lowest BCUT2D eigenvalue weighted by Crippen LogP contribution is -2.11. The zero-order valence-electron chi connectivity index (χ0n) is 8.67. The van der Waals surface area contributed by atoms with E-state index in [0.29, 0.717) is 11.1 Å². The van der Waals surface area contributed by atoms with Crippen LogP contribution in [0.3, 0.4) is 0 Å². The summed E-state index contributed by atoms with van der Waals surface area (Å²) in [5, 5.41) is 0. The summed E-state index contributed by atoms with van der Waals surface area (Å²) in [6, 6.07) is 4.82. The monoisotopic (exact) mass is 275 g/mol. The summed E-state index contributed by atoms with van der Waals surface area (Å²) in [5.74, 6) is -0.261. The summed E-state index contributed by atoms with van der Waals surface area (Å²) in [6.07, 6.45) is 1.75. The summed E-state index contributed by atoms with van der Waals surface area (Å²) in [6.45, 7) is 0.704. The Kier molecular flexibility index (Phi) is 5.22. The van der Waals surface area contributed by atoms with Gasteiger partial charge in [0.2, 0.25) is 0 Å². The molecule has 0 aliphatic heterocycles. The third-order valence-electron chi connectivity index (χ3n) is 2.24. The van der Waals surface area contributed by atoms with Gasteiger partial charge in [-0.25, -0.2) is 4.39 Å². The SMILES string of the molecule is COCCCC(N)c1ccc(F)c(Br)c1. The van der Waals surface area contributed by atoms with Gasteiger partial charge in [0.1, 0.15) is 5.82 Å². The van der Waals surface area contributed by atoms with E-state index in [1.54, 1.807) is 19.2 Å². The minimum Gasteiger partial charge on any atom is -0.385 e. The molecule has 1 aromatic rings. The largest absolute Gasteiger partial charge is 0.385 e. The van der Waals surface area contributed by atoms with Gasteiger partial charge in [-0.1, -0.05) is 6.07 Å². The summed E-state index contributed by atoms with van der Waals surface area (Å²) in [5.41, 5.74) is 6.90. The van der Waals surface area contributed by atoms with Crippen LogP contribution >= 0.6 is 15.9 Å². The molecular formula is C11H15BrFNO. The van der Waals surface area contributed by atoms with E-state index in [-0.39, 0.29) is 11.9 Å². The third kappa shape index (κ3) is 3.89. The molecule has 4 heteroatoms. The molecule has 0 saturated carbocycles. The van der Waals surface area contributed by atoms with Crippen molar-refractivity contribution in [2.45, 2.75) is 18.9 Å². The van der Waals surface area contributed by atoms with E-state index in [1.165, 1.54) is 6.07 Å². The van der Waals surface area contributed by atoms with Crippen LogP contribution in [0.25, 0.3) is 0 Å². The van der Waals surface area contributed by atoms with Gasteiger partial charge in [-0.2, -0.15) is 0 Å². The van der Waals surface area contributed by atoms with Crippen LogP contribution in [0.5, 0.6) is 0 Å². The van der Waals surface area contributed by atoms with Crippen LogP contribution in [0, 0.1) is 5.82 Å². The van der Waals surface area contributed by atoms with E-state index in [1.807, 2.05) is 0 Å². The van der Waals surface area contributed by atoms with Crippen molar-refractivity contribution in [2.24, 2.45) is 5.73 Å². The van der Waals surface area contributed by atoms with Gasteiger partial charge in [0.05, 0.1) is 4.47 Å². The number of ether oxygens (including phenoxy) is 1. The Bertz CT molecular complexity index is 319. The van der Waals surface area contributed by atoms with E-state index in [2.05, 4.69) is 15.9 Å². The van der Waals surface area contributed by atoms with Crippen molar-refractivity contribution in [3.8, 4) is 0 Å². The molecule has 0 heterocycles. The molecule has 0 aliphatic rings. The second kappa shape index (κ2) is 6.20. The van der Waals surface area contributed by atoms with Gasteiger partial charge in [-0.3, -0.25) is 0 Å². The highest BCUT2D eigenvalue weighted by atomic mass is 79.9. The number of halogens is 2. The van der Waals surface area contributed by atoms with Crippen LogP contribution in [0.4, 0.5) is 4.39 Å². The Morgan fingerprint density at radius 3 is 2.87 bits per heavy atom. The molecule has 2 nitrogen and oxygen atoms in total. The second-order valence-electron chi connectivity index (χ2n) is 3.42. The van der Waals surface area contributed by atoms with Gasteiger partial charge in [-0.05, 0) is 46.5 Å². The highest BCUT2D eigenvalue weighted by molar-refractivity contribution is 9.10. The average Bonchev–Trinajstić information content (AvgIpc) is 2.22. The van der Waals surface area contributed by atoms with E-state index < -0.39 is 0 Å². The van der Waals surface area contributed by atoms with Crippen LogP contribution in [-0.2, 0) is 4.74 Å². The Morgan fingerprint density at radius 1 is 1.53 bits per heavy atom. The van der Waals surface area contributed by atoms with Crippen molar-refractivity contribution in [3.63, 3.8) is 0 Å². The van der Waals surface area contributed by atoms with Gasteiger partial charge in [0.15, 0.2) is 0 Å². The Hall–Kier alpha value is -0.450. The smallest absolute Gasteiger partial charge is 0.137 e. The van der Waals surface area contributed by atoms with Gasteiger partial charge < -0.3 is 10.5 Å². The summed E-state index contributed by atoms with van der Waals surface area (Å²) >= 11 is 3.14. The van der Waals surface area contributed by atoms with Crippen molar-refractivity contribution in [2.75, 3.05) is 13.7 Å². The summed E-state index contributed by atoms with van der Waals surface area (Å²) in [7, 11) is 1.67. The van der Waals surface area contributed by atoms with Crippen molar-refractivity contribution in [1.82, 2.24) is 0 Å². The molecule has 1 rings (SSSR count). The fourth-order valence-electron chi connectivity index (χ4n) is 1.36. The second-order valence-corrected chi connectivity index (χ2v) is 4.27. The molecule has 2 N–H and O–H groups in total. The molecule has 15 heavy (non-hydrogen) atoms. The molecule has 1 atom stereocenters. The normalized spacial score (nSPS) is 12.8. The first-order chi connectivity index (χ1) is 7.15. The van der Waals surface area contributed by atoms with Crippen molar-refractivity contribution < 1.29 is 9.13 Å². The number of hydrogen-bond donors (Lipinski definition) is 1. The molecule has 84 valence electrons. The Balaban J connectivity index is 2.57. The fourth-order valence-corrected chi connectivity index (χ4v) is 1.75. The van der Waals surface area contributed by atoms with Gasteiger partial charge in [0, 0.05) is 19.8 Å². The minimum absolute atomic E-state index is 0.0583. The lowest BCUT2D eigenvalue weighted by atomic mass is 10.0. The van der Waals surface area contributed by atoms with Gasteiger partial charge in [0.25, 0.3) is 0 Å². The Labute approximate surface area is 97.7 Å². The molecule has 0 saturated heterocycles. The molecule has 0 spiro atoms. The molecule has 0 aliphatic carbocycles. The maximum atomic E-state index is 13.0.